The molecule has 1 saturated heterocycles. The van der Waals surface area contributed by atoms with Crippen LogP contribution in [0.3, 0.4) is 0 Å². The predicted molar refractivity (Wildman–Crippen MR) is 52.3 cm³/mol. The highest BCUT2D eigenvalue weighted by atomic mass is 16.1. The van der Waals surface area contributed by atoms with Gasteiger partial charge in [0.1, 0.15) is 0 Å². The van der Waals surface area contributed by atoms with Gasteiger partial charge in [0, 0.05) is 37.2 Å². The van der Waals surface area contributed by atoms with E-state index in [0.717, 1.165) is 19.4 Å². The van der Waals surface area contributed by atoms with Crippen LogP contribution in [0.2, 0.25) is 0 Å². The van der Waals surface area contributed by atoms with E-state index in [2.05, 4.69) is 18.9 Å². The molecule has 13 heavy (non-hydrogen) atoms. The molecule has 1 heterocycles. The number of rotatable bonds is 0. The van der Waals surface area contributed by atoms with Crippen molar-refractivity contribution in [1.29, 1.82) is 0 Å². The molecule has 2 rings (SSSR count). The van der Waals surface area contributed by atoms with Crippen molar-refractivity contribution in [3.05, 3.63) is 11.8 Å². The second-order valence-electron chi connectivity index (χ2n) is 4.58. The molecule has 1 aliphatic heterocycles. The molecule has 1 fully saturated rings. The van der Waals surface area contributed by atoms with E-state index in [0.29, 0.717) is 11.2 Å². The fourth-order valence-electron chi connectivity index (χ4n) is 2.58. The number of likely N-dealkylation sites (tertiary alicyclic amines) is 1. The van der Waals surface area contributed by atoms with E-state index in [1.54, 1.807) is 0 Å². The second kappa shape index (κ2) is 2.86. The van der Waals surface area contributed by atoms with E-state index in [4.69, 9.17) is 0 Å². The van der Waals surface area contributed by atoms with Crippen molar-refractivity contribution in [3.63, 3.8) is 0 Å². The van der Waals surface area contributed by atoms with Crippen LogP contribution in [0.1, 0.15) is 32.6 Å². The molecule has 0 N–H and O–H groups in total. The number of carbonyl (C=O) groups is 1. The van der Waals surface area contributed by atoms with Crippen LogP contribution in [0.4, 0.5) is 0 Å². The van der Waals surface area contributed by atoms with Crippen molar-refractivity contribution in [2.45, 2.75) is 32.6 Å². The summed E-state index contributed by atoms with van der Waals surface area (Å²) in [6.07, 6.45) is 6.16. The maximum atomic E-state index is 11.3. The molecule has 0 radical (unpaired) electrons. The molecule has 0 aromatic carbocycles. The summed E-state index contributed by atoms with van der Waals surface area (Å²) in [6.45, 7) is 3.40. The number of nitrogens with zero attached hydrogens (tertiary/aromatic N) is 1. The minimum Gasteiger partial charge on any atom is -0.377 e. The van der Waals surface area contributed by atoms with E-state index in [1.165, 1.54) is 18.5 Å². The van der Waals surface area contributed by atoms with Crippen LogP contribution in [-0.4, -0.2) is 24.3 Å². The van der Waals surface area contributed by atoms with E-state index in [9.17, 15) is 4.79 Å². The summed E-state index contributed by atoms with van der Waals surface area (Å²) >= 11 is 0. The minimum absolute atomic E-state index is 0.293. The Labute approximate surface area is 79.6 Å². The van der Waals surface area contributed by atoms with Gasteiger partial charge in [-0.2, -0.15) is 0 Å². The average molecular weight is 179 g/mol. The third-order valence-corrected chi connectivity index (χ3v) is 3.47. The average Bonchev–Trinajstić information content (AvgIpc) is 2.08. The number of hydrogen-bond acceptors (Lipinski definition) is 2. The monoisotopic (exact) mass is 179 g/mol. The Morgan fingerprint density at radius 2 is 2.23 bits per heavy atom. The zero-order valence-electron chi connectivity index (χ0n) is 8.47. The molecule has 2 aliphatic rings. The number of piperidine rings is 1. The van der Waals surface area contributed by atoms with Crippen LogP contribution in [-0.2, 0) is 4.79 Å². The molecule has 72 valence electrons. The first kappa shape index (κ1) is 8.79. The Balaban J connectivity index is 2.34. The van der Waals surface area contributed by atoms with E-state index in [1.807, 2.05) is 6.08 Å². The Morgan fingerprint density at radius 1 is 1.46 bits per heavy atom. The first-order chi connectivity index (χ1) is 6.12. The SMILES string of the molecule is CN1CCC[C@@]2(C)CCC(=O)C=C12. The normalized spacial score (nSPS) is 34.2. The largest absolute Gasteiger partial charge is 0.377 e. The standard InChI is InChI=1S/C11H17NO/c1-11-5-3-7-12(2)10(11)8-9(13)4-6-11/h8H,3-7H2,1-2H3/t11-/m0/s1. The molecule has 0 aromatic heterocycles. The highest BCUT2D eigenvalue weighted by molar-refractivity contribution is 5.91. The van der Waals surface area contributed by atoms with Gasteiger partial charge < -0.3 is 4.90 Å². The van der Waals surface area contributed by atoms with Gasteiger partial charge in [-0.3, -0.25) is 4.79 Å². The van der Waals surface area contributed by atoms with Crippen molar-refractivity contribution in [2.24, 2.45) is 5.41 Å². The molecule has 2 heteroatoms. The summed E-state index contributed by atoms with van der Waals surface area (Å²) in [5.74, 6) is 0.307. The summed E-state index contributed by atoms with van der Waals surface area (Å²) in [4.78, 5) is 13.6. The lowest BCUT2D eigenvalue weighted by atomic mass is 9.71. The number of hydrogen-bond donors (Lipinski definition) is 0. The van der Waals surface area contributed by atoms with Crippen LogP contribution in [0.25, 0.3) is 0 Å². The zero-order valence-corrected chi connectivity index (χ0v) is 8.47. The number of allylic oxidation sites excluding steroid dienone is 2. The molecule has 0 amide bonds. The third kappa shape index (κ3) is 1.38. The molecule has 2 nitrogen and oxygen atoms in total. The predicted octanol–water partition coefficient (Wildman–Crippen LogP) is 1.97. The Hall–Kier alpha value is -0.790. The van der Waals surface area contributed by atoms with Crippen molar-refractivity contribution >= 4 is 5.78 Å². The summed E-state index contributed by atoms with van der Waals surface area (Å²) in [6, 6.07) is 0. The molecular formula is C11H17NO. The van der Waals surface area contributed by atoms with Gasteiger partial charge >= 0.3 is 0 Å². The highest BCUT2D eigenvalue weighted by Gasteiger charge is 2.37. The summed E-state index contributed by atoms with van der Waals surface area (Å²) in [5.41, 5.74) is 1.57. The number of fused-ring (bicyclic) bond motifs is 1. The van der Waals surface area contributed by atoms with Gasteiger partial charge in [-0.05, 0) is 19.3 Å². The number of ketones is 1. The maximum Gasteiger partial charge on any atom is 0.157 e. The van der Waals surface area contributed by atoms with Crippen LogP contribution in [0.15, 0.2) is 11.8 Å². The van der Waals surface area contributed by atoms with Gasteiger partial charge in [0.05, 0.1) is 0 Å². The molecule has 1 aliphatic carbocycles. The van der Waals surface area contributed by atoms with Crippen LogP contribution in [0, 0.1) is 5.41 Å². The van der Waals surface area contributed by atoms with Crippen molar-refractivity contribution in [1.82, 2.24) is 4.90 Å². The van der Waals surface area contributed by atoms with Crippen molar-refractivity contribution < 1.29 is 4.79 Å². The molecule has 0 unspecified atom stereocenters. The van der Waals surface area contributed by atoms with E-state index < -0.39 is 0 Å². The summed E-state index contributed by atoms with van der Waals surface area (Å²) in [7, 11) is 2.10. The highest BCUT2D eigenvalue weighted by Crippen LogP contribution is 2.44. The molecular weight excluding hydrogens is 162 g/mol. The first-order valence-electron chi connectivity index (χ1n) is 5.08. The Kier molecular flexibility index (Phi) is 1.94. The lowest BCUT2D eigenvalue weighted by Gasteiger charge is -2.44. The van der Waals surface area contributed by atoms with Gasteiger partial charge in [-0.25, -0.2) is 0 Å². The molecule has 0 saturated carbocycles. The van der Waals surface area contributed by atoms with E-state index in [-0.39, 0.29) is 0 Å². The first-order valence-corrected chi connectivity index (χ1v) is 5.08. The topological polar surface area (TPSA) is 20.3 Å². The molecule has 0 aromatic rings. The van der Waals surface area contributed by atoms with E-state index >= 15 is 0 Å². The fraction of sp³-hybridized carbons (Fsp3) is 0.727. The molecule has 0 bridgehead atoms. The van der Waals surface area contributed by atoms with Gasteiger partial charge in [0.25, 0.3) is 0 Å². The van der Waals surface area contributed by atoms with Crippen LogP contribution < -0.4 is 0 Å². The number of carbonyl (C=O) groups excluding carboxylic acids is 1. The minimum atomic E-state index is 0.293. The third-order valence-electron chi connectivity index (χ3n) is 3.47. The van der Waals surface area contributed by atoms with Crippen LogP contribution in [0.5, 0.6) is 0 Å². The fourth-order valence-corrected chi connectivity index (χ4v) is 2.58. The Morgan fingerprint density at radius 3 is 3.00 bits per heavy atom. The van der Waals surface area contributed by atoms with Crippen LogP contribution >= 0.6 is 0 Å². The van der Waals surface area contributed by atoms with Gasteiger partial charge in [-0.1, -0.05) is 6.92 Å². The summed E-state index contributed by atoms with van der Waals surface area (Å²) < 4.78 is 0. The van der Waals surface area contributed by atoms with Crippen molar-refractivity contribution in [2.75, 3.05) is 13.6 Å². The Bertz CT molecular complexity index is 269. The second-order valence-corrected chi connectivity index (χ2v) is 4.58. The van der Waals surface area contributed by atoms with Gasteiger partial charge in [0.15, 0.2) is 5.78 Å². The smallest absolute Gasteiger partial charge is 0.157 e. The maximum absolute atomic E-state index is 11.3. The quantitative estimate of drug-likeness (QED) is 0.566. The van der Waals surface area contributed by atoms with Gasteiger partial charge in [0.2, 0.25) is 0 Å². The van der Waals surface area contributed by atoms with Gasteiger partial charge in [-0.15, -0.1) is 0 Å². The lowest BCUT2D eigenvalue weighted by molar-refractivity contribution is -0.116. The summed E-state index contributed by atoms with van der Waals surface area (Å²) in [5, 5.41) is 0. The molecule has 1 atom stereocenters. The molecule has 0 spiro atoms. The zero-order chi connectivity index (χ0) is 9.47. The lowest BCUT2D eigenvalue weighted by Crippen LogP contribution is -2.39. The van der Waals surface area contributed by atoms with Crippen molar-refractivity contribution in [3.8, 4) is 0 Å².